The molecule has 8 nitrogen and oxygen atoms in total. The highest BCUT2D eigenvalue weighted by molar-refractivity contribution is 5.89. The largest absolute Gasteiger partial charge is 0.393 e. The number of hydrogen-bond acceptors (Lipinski definition) is 8. The number of aryl methyl sites for hydroxylation is 1. The molecule has 0 fully saturated rings. The molecule has 0 saturated carbocycles. The standard InChI is InChI=1S/C18H19N5O3/c19-9-2-1-6-14(17-22-11-4-12-23-17)18(25)26-15(24)8-7-13-5-3-10-21-16(13)20/h3-5,10-12,14H,1-2,6-8H2,(H2,20,21). The van der Waals surface area contributed by atoms with Crippen LogP contribution in [0.25, 0.3) is 0 Å². The van der Waals surface area contributed by atoms with E-state index in [1.54, 1.807) is 24.4 Å². The summed E-state index contributed by atoms with van der Waals surface area (Å²) in [7, 11) is 0. The van der Waals surface area contributed by atoms with Gasteiger partial charge in [0.25, 0.3) is 0 Å². The van der Waals surface area contributed by atoms with Gasteiger partial charge >= 0.3 is 11.9 Å². The smallest absolute Gasteiger partial charge is 0.324 e. The Hall–Kier alpha value is -3.34. The first kappa shape index (κ1) is 19.0. The van der Waals surface area contributed by atoms with Crippen molar-refractivity contribution < 1.29 is 14.3 Å². The van der Waals surface area contributed by atoms with Gasteiger partial charge in [-0.3, -0.25) is 9.59 Å². The molecule has 0 spiro atoms. The van der Waals surface area contributed by atoms with Crippen LogP contribution in [0.15, 0.2) is 36.8 Å². The van der Waals surface area contributed by atoms with Crippen LogP contribution in [0.5, 0.6) is 0 Å². The second-order valence-corrected chi connectivity index (χ2v) is 5.55. The maximum absolute atomic E-state index is 12.4. The Morgan fingerprint density at radius 1 is 1.19 bits per heavy atom. The number of nitrogen functional groups attached to an aromatic ring is 1. The van der Waals surface area contributed by atoms with Crippen molar-refractivity contribution in [3.8, 4) is 6.07 Å². The third-order valence-corrected chi connectivity index (χ3v) is 3.70. The van der Waals surface area contributed by atoms with Crippen LogP contribution in [0.4, 0.5) is 5.82 Å². The summed E-state index contributed by atoms with van der Waals surface area (Å²) in [5.74, 6) is -1.52. The van der Waals surface area contributed by atoms with Crippen molar-refractivity contribution in [2.24, 2.45) is 0 Å². The lowest BCUT2D eigenvalue weighted by Crippen LogP contribution is -2.22. The van der Waals surface area contributed by atoms with Crippen LogP contribution in [-0.2, 0) is 20.7 Å². The quantitative estimate of drug-likeness (QED) is 0.432. The molecule has 2 aromatic rings. The Morgan fingerprint density at radius 2 is 1.92 bits per heavy atom. The average Bonchev–Trinajstić information content (AvgIpc) is 2.65. The van der Waals surface area contributed by atoms with Crippen molar-refractivity contribution in [3.63, 3.8) is 0 Å². The van der Waals surface area contributed by atoms with Crippen molar-refractivity contribution in [1.29, 1.82) is 5.26 Å². The molecule has 0 radical (unpaired) electrons. The Labute approximate surface area is 151 Å². The number of aromatic nitrogens is 3. The Kier molecular flexibility index (Phi) is 7.18. The average molecular weight is 353 g/mol. The Balaban J connectivity index is 1.96. The van der Waals surface area contributed by atoms with E-state index in [0.717, 1.165) is 0 Å². The van der Waals surface area contributed by atoms with Gasteiger partial charge in [-0.25, -0.2) is 15.0 Å². The van der Waals surface area contributed by atoms with Gasteiger partial charge in [-0.1, -0.05) is 6.07 Å². The van der Waals surface area contributed by atoms with Gasteiger partial charge in [0, 0.05) is 25.0 Å². The Morgan fingerprint density at radius 3 is 2.62 bits per heavy atom. The van der Waals surface area contributed by atoms with Crippen LogP contribution in [0.2, 0.25) is 0 Å². The molecule has 134 valence electrons. The molecular formula is C18H19N5O3. The summed E-state index contributed by atoms with van der Waals surface area (Å²) in [5.41, 5.74) is 6.44. The molecule has 0 aliphatic rings. The van der Waals surface area contributed by atoms with Crippen LogP contribution >= 0.6 is 0 Å². The minimum absolute atomic E-state index is 0.00218. The minimum atomic E-state index is -0.781. The third-order valence-electron chi connectivity index (χ3n) is 3.70. The molecule has 1 unspecified atom stereocenters. The zero-order chi connectivity index (χ0) is 18.8. The number of hydrogen-bond donors (Lipinski definition) is 1. The number of carbonyl (C=O) groups is 2. The van der Waals surface area contributed by atoms with E-state index in [-0.39, 0.29) is 12.2 Å². The molecule has 0 saturated heterocycles. The monoisotopic (exact) mass is 353 g/mol. The molecule has 2 rings (SSSR count). The van der Waals surface area contributed by atoms with E-state index in [4.69, 9.17) is 15.7 Å². The van der Waals surface area contributed by atoms with Gasteiger partial charge in [-0.2, -0.15) is 5.26 Å². The highest BCUT2D eigenvalue weighted by Crippen LogP contribution is 2.21. The number of nitrogens with two attached hydrogens (primary N) is 1. The number of nitriles is 1. The molecule has 2 aromatic heterocycles. The SMILES string of the molecule is N#CCCCC(C(=O)OC(=O)CCc1cccnc1N)c1ncccn1. The number of ether oxygens (including phenoxy) is 1. The molecule has 26 heavy (non-hydrogen) atoms. The fourth-order valence-electron chi connectivity index (χ4n) is 2.36. The molecular weight excluding hydrogens is 334 g/mol. The van der Waals surface area contributed by atoms with Crippen LogP contribution in [-0.4, -0.2) is 26.9 Å². The topological polar surface area (TPSA) is 132 Å². The van der Waals surface area contributed by atoms with Crippen LogP contribution in [0.1, 0.15) is 43.0 Å². The molecule has 0 amide bonds. The number of rotatable bonds is 8. The first-order valence-corrected chi connectivity index (χ1v) is 8.19. The van der Waals surface area contributed by atoms with Gasteiger partial charge in [0.15, 0.2) is 0 Å². The predicted molar refractivity (Wildman–Crippen MR) is 92.3 cm³/mol. The van der Waals surface area contributed by atoms with Gasteiger partial charge in [0.2, 0.25) is 0 Å². The van der Waals surface area contributed by atoms with E-state index in [9.17, 15) is 9.59 Å². The number of anilines is 1. The second-order valence-electron chi connectivity index (χ2n) is 5.55. The van der Waals surface area contributed by atoms with E-state index < -0.39 is 17.9 Å². The zero-order valence-electron chi connectivity index (χ0n) is 14.2. The Bertz CT molecular complexity index is 789. The molecule has 0 aliphatic carbocycles. The van der Waals surface area contributed by atoms with Crippen LogP contribution < -0.4 is 5.73 Å². The van der Waals surface area contributed by atoms with E-state index in [2.05, 4.69) is 15.0 Å². The molecule has 2 N–H and O–H groups in total. The van der Waals surface area contributed by atoms with E-state index in [1.165, 1.54) is 12.4 Å². The van der Waals surface area contributed by atoms with E-state index in [1.807, 2.05) is 6.07 Å². The summed E-state index contributed by atoms with van der Waals surface area (Å²) >= 11 is 0. The highest BCUT2D eigenvalue weighted by atomic mass is 16.6. The summed E-state index contributed by atoms with van der Waals surface area (Å²) in [6.45, 7) is 0. The first-order valence-electron chi connectivity index (χ1n) is 8.19. The number of carbonyl (C=O) groups excluding carboxylic acids is 2. The summed E-state index contributed by atoms with van der Waals surface area (Å²) in [4.78, 5) is 36.5. The van der Waals surface area contributed by atoms with Gasteiger partial charge < -0.3 is 10.5 Å². The maximum atomic E-state index is 12.4. The van der Waals surface area contributed by atoms with Gasteiger partial charge in [0.05, 0.1) is 12.5 Å². The predicted octanol–water partition coefficient (Wildman–Crippen LogP) is 1.93. The normalized spacial score (nSPS) is 11.3. The lowest BCUT2D eigenvalue weighted by molar-refractivity contribution is -0.161. The highest BCUT2D eigenvalue weighted by Gasteiger charge is 2.26. The van der Waals surface area contributed by atoms with Crippen molar-refractivity contribution in [2.45, 2.75) is 38.0 Å². The summed E-state index contributed by atoms with van der Waals surface area (Å²) in [5, 5.41) is 8.67. The lowest BCUT2D eigenvalue weighted by atomic mass is 10.0. The van der Waals surface area contributed by atoms with Gasteiger partial charge in [-0.05, 0) is 37.0 Å². The van der Waals surface area contributed by atoms with Crippen LogP contribution in [0.3, 0.4) is 0 Å². The molecule has 2 heterocycles. The van der Waals surface area contributed by atoms with Gasteiger partial charge in [0.1, 0.15) is 17.6 Å². The summed E-state index contributed by atoms with van der Waals surface area (Å²) in [6.07, 6.45) is 6.03. The molecule has 1 atom stereocenters. The summed E-state index contributed by atoms with van der Waals surface area (Å²) in [6, 6.07) is 7.14. The summed E-state index contributed by atoms with van der Waals surface area (Å²) < 4.78 is 4.96. The molecule has 0 aromatic carbocycles. The van der Waals surface area contributed by atoms with Crippen molar-refractivity contribution in [2.75, 3.05) is 5.73 Å². The van der Waals surface area contributed by atoms with Crippen molar-refractivity contribution >= 4 is 17.8 Å². The zero-order valence-corrected chi connectivity index (χ0v) is 14.2. The lowest BCUT2D eigenvalue weighted by Gasteiger charge is -2.13. The first-order chi connectivity index (χ1) is 12.6. The molecule has 8 heteroatoms. The minimum Gasteiger partial charge on any atom is -0.393 e. The van der Waals surface area contributed by atoms with Crippen molar-refractivity contribution in [3.05, 3.63) is 48.2 Å². The van der Waals surface area contributed by atoms with E-state index in [0.29, 0.717) is 37.1 Å². The number of nitrogens with zero attached hydrogens (tertiary/aromatic N) is 4. The molecule has 0 bridgehead atoms. The number of pyridine rings is 1. The number of esters is 2. The third kappa shape index (κ3) is 5.63. The maximum Gasteiger partial charge on any atom is 0.324 e. The second kappa shape index (κ2) is 9.84. The van der Waals surface area contributed by atoms with Crippen LogP contribution in [0, 0.1) is 11.3 Å². The fraction of sp³-hybridized carbons (Fsp3) is 0.333. The van der Waals surface area contributed by atoms with Crippen molar-refractivity contribution in [1.82, 2.24) is 15.0 Å². The van der Waals surface area contributed by atoms with E-state index >= 15 is 0 Å². The van der Waals surface area contributed by atoms with Gasteiger partial charge in [-0.15, -0.1) is 0 Å². The fourth-order valence-corrected chi connectivity index (χ4v) is 2.36. The number of unbranched alkanes of at least 4 members (excludes halogenated alkanes) is 1. The molecule has 0 aliphatic heterocycles.